The van der Waals surface area contributed by atoms with Crippen LogP contribution in [0.1, 0.15) is 39.2 Å². The summed E-state index contributed by atoms with van der Waals surface area (Å²) in [5.74, 6) is 0.111. The molecule has 1 saturated heterocycles. The van der Waals surface area contributed by atoms with E-state index in [1.54, 1.807) is 15.5 Å². The lowest BCUT2D eigenvalue weighted by molar-refractivity contribution is 0.0177. The number of benzene rings is 3. The molecule has 0 atom stereocenters. The first-order valence-corrected chi connectivity index (χ1v) is 13.5. The van der Waals surface area contributed by atoms with Crippen LogP contribution < -0.4 is 11.2 Å². The number of amides is 1. The molecule has 4 aromatic rings. The molecule has 1 fully saturated rings. The Morgan fingerprint density at radius 1 is 0.846 bits per heavy atom. The number of likely N-dealkylation sites (tertiary alicyclic amines) is 1. The van der Waals surface area contributed by atoms with E-state index < -0.39 is 5.60 Å². The zero-order valence-electron chi connectivity index (χ0n) is 22.8. The Balaban J connectivity index is 1.45. The van der Waals surface area contributed by atoms with Gasteiger partial charge in [0.25, 0.3) is 5.56 Å². The van der Waals surface area contributed by atoms with Gasteiger partial charge in [0.1, 0.15) is 5.60 Å². The molecule has 7 nitrogen and oxygen atoms in total. The fraction of sp³-hybridized carbons (Fsp3) is 0.344. The highest BCUT2D eigenvalue weighted by molar-refractivity contribution is 5.78. The topological polar surface area (TPSA) is 73.5 Å². The average Bonchev–Trinajstić information content (AvgIpc) is 2.93. The van der Waals surface area contributed by atoms with Crippen molar-refractivity contribution in [1.29, 1.82) is 0 Å². The highest BCUT2D eigenvalue weighted by Gasteiger charge is 2.28. The van der Waals surface area contributed by atoms with Gasteiger partial charge in [-0.15, -0.1) is 0 Å². The second kappa shape index (κ2) is 10.9. The van der Waals surface area contributed by atoms with Crippen molar-refractivity contribution in [2.24, 2.45) is 5.92 Å². The molecule has 0 spiro atoms. The van der Waals surface area contributed by atoms with Crippen LogP contribution in [-0.2, 0) is 17.8 Å². The van der Waals surface area contributed by atoms with E-state index in [0.717, 1.165) is 16.7 Å². The molecule has 0 radical (unpaired) electrons. The monoisotopic (exact) mass is 525 g/mol. The van der Waals surface area contributed by atoms with Crippen LogP contribution in [0.15, 0.2) is 88.5 Å². The highest BCUT2D eigenvalue weighted by atomic mass is 16.6. The van der Waals surface area contributed by atoms with E-state index in [1.807, 2.05) is 75.4 Å². The van der Waals surface area contributed by atoms with E-state index >= 15 is 0 Å². The Kier molecular flexibility index (Phi) is 7.42. The Hall–Kier alpha value is -4.13. The van der Waals surface area contributed by atoms with E-state index in [-0.39, 0.29) is 23.3 Å². The Morgan fingerprint density at radius 3 is 2.21 bits per heavy atom. The number of carbonyl (C=O) groups excluding carboxylic acids is 1. The molecule has 7 heteroatoms. The molecular formula is C32H35N3O4. The first-order valence-electron chi connectivity index (χ1n) is 13.5. The normalized spacial score (nSPS) is 14.5. The molecule has 0 unspecified atom stereocenters. The number of aromatic nitrogens is 2. The van der Waals surface area contributed by atoms with Crippen molar-refractivity contribution in [3.05, 3.63) is 105 Å². The summed E-state index contributed by atoms with van der Waals surface area (Å²) in [4.78, 5) is 41.6. The highest BCUT2D eigenvalue weighted by Crippen LogP contribution is 2.25. The summed E-state index contributed by atoms with van der Waals surface area (Å²) >= 11 is 0. The van der Waals surface area contributed by atoms with Gasteiger partial charge < -0.3 is 9.64 Å². The number of carbonyl (C=O) groups is 1. The molecule has 0 N–H and O–H groups in total. The summed E-state index contributed by atoms with van der Waals surface area (Å²) in [5.41, 5.74) is 2.65. The van der Waals surface area contributed by atoms with Gasteiger partial charge in [0.2, 0.25) is 0 Å². The van der Waals surface area contributed by atoms with Gasteiger partial charge in [0.15, 0.2) is 0 Å². The molecule has 2 heterocycles. The number of para-hydroxylation sites is 1. The van der Waals surface area contributed by atoms with Crippen LogP contribution in [-0.4, -0.2) is 38.8 Å². The third-order valence-electron chi connectivity index (χ3n) is 7.27. The third-order valence-corrected chi connectivity index (χ3v) is 7.27. The number of rotatable bonds is 5. The van der Waals surface area contributed by atoms with Gasteiger partial charge in [-0.25, -0.2) is 9.59 Å². The third kappa shape index (κ3) is 5.82. The van der Waals surface area contributed by atoms with Crippen LogP contribution in [0.2, 0.25) is 0 Å². The molecule has 1 aliphatic rings. The van der Waals surface area contributed by atoms with Gasteiger partial charge in [0, 0.05) is 19.6 Å². The van der Waals surface area contributed by atoms with E-state index in [4.69, 9.17) is 4.74 Å². The summed E-state index contributed by atoms with van der Waals surface area (Å²) in [6.45, 7) is 7.32. The van der Waals surface area contributed by atoms with Crippen LogP contribution in [0.3, 0.4) is 0 Å². The quantitative estimate of drug-likeness (QED) is 0.344. The maximum absolute atomic E-state index is 13.9. The summed E-state index contributed by atoms with van der Waals surface area (Å²) in [6.07, 6.45) is 1.09. The van der Waals surface area contributed by atoms with Crippen LogP contribution >= 0.6 is 0 Å². The number of hydrogen-bond acceptors (Lipinski definition) is 4. The van der Waals surface area contributed by atoms with Crippen LogP contribution in [0.5, 0.6) is 0 Å². The molecule has 1 aromatic heterocycles. The van der Waals surface area contributed by atoms with E-state index in [0.29, 0.717) is 49.9 Å². The number of hydrogen-bond donors (Lipinski definition) is 0. The van der Waals surface area contributed by atoms with Crippen LogP contribution in [0.25, 0.3) is 22.0 Å². The first kappa shape index (κ1) is 26.5. The number of ether oxygens (including phenoxy) is 1. The molecule has 202 valence electrons. The average molecular weight is 526 g/mol. The van der Waals surface area contributed by atoms with Crippen LogP contribution in [0.4, 0.5) is 4.79 Å². The van der Waals surface area contributed by atoms with E-state index in [9.17, 15) is 14.4 Å². The van der Waals surface area contributed by atoms with Crippen molar-refractivity contribution in [3.8, 4) is 11.1 Å². The fourth-order valence-corrected chi connectivity index (χ4v) is 5.30. The van der Waals surface area contributed by atoms with Crippen molar-refractivity contribution < 1.29 is 9.53 Å². The summed E-state index contributed by atoms with van der Waals surface area (Å²) in [6, 6.07) is 25.5. The standard InChI is InChI=1S/C32H35N3O4/c1-32(2,3)39-31(38)33-19-17-23(18-20-33)21-35-29(36)27-15-9-10-16-28(27)34(30(35)37)22-25-13-7-8-14-26(25)24-11-5-4-6-12-24/h4-16,23H,17-22H2,1-3H3. The second-order valence-corrected chi connectivity index (χ2v) is 11.2. The van der Waals surface area contributed by atoms with Gasteiger partial charge in [-0.3, -0.25) is 13.9 Å². The predicted octanol–water partition coefficient (Wildman–Crippen LogP) is 5.53. The van der Waals surface area contributed by atoms with Crippen LogP contribution in [0, 0.1) is 5.92 Å². The van der Waals surface area contributed by atoms with Gasteiger partial charge in [-0.2, -0.15) is 0 Å². The minimum Gasteiger partial charge on any atom is -0.444 e. The molecule has 0 bridgehead atoms. The largest absolute Gasteiger partial charge is 0.444 e. The zero-order chi connectivity index (χ0) is 27.6. The molecule has 1 aliphatic heterocycles. The predicted molar refractivity (Wildman–Crippen MR) is 154 cm³/mol. The van der Waals surface area contributed by atoms with Crippen molar-refractivity contribution >= 4 is 17.0 Å². The zero-order valence-corrected chi connectivity index (χ0v) is 22.8. The SMILES string of the molecule is CC(C)(C)OC(=O)N1CCC(Cn2c(=O)c3ccccc3n(Cc3ccccc3-c3ccccc3)c2=O)CC1. The van der Waals surface area contributed by atoms with Gasteiger partial charge >= 0.3 is 11.8 Å². The summed E-state index contributed by atoms with van der Waals surface area (Å²) in [7, 11) is 0. The molecule has 0 aliphatic carbocycles. The Bertz CT molecular complexity index is 1590. The maximum Gasteiger partial charge on any atom is 0.410 e. The van der Waals surface area contributed by atoms with E-state index in [1.165, 1.54) is 4.57 Å². The minimum absolute atomic E-state index is 0.111. The van der Waals surface area contributed by atoms with Gasteiger partial charge in [-0.1, -0.05) is 66.7 Å². The molecule has 5 rings (SSSR count). The van der Waals surface area contributed by atoms with Crippen molar-refractivity contribution in [2.45, 2.75) is 52.3 Å². The molecule has 39 heavy (non-hydrogen) atoms. The maximum atomic E-state index is 13.9. The van der Waals surface area contributed by atoms with Crippen molar-refractivity contribution in [2.75, 3.05) is 13.1 Å². The number of fused-ring (bicyclic) bond motifs is 1. The Morgan fingerprint density at radius 2 is 1.49 bits per heavy atom. The summed E-state index contributed by atoms with van der Waals surface area (Å²) < 4.78 is 8.62. The van der Waals surface area contributed by atoms with E-state index in [2.05, 4.69) is 18.2 Å². The first-order chi connectivity index (χ1) is 18.7. The fourth-order valence-electron chi connectivity index (χ4n) is 5.30. The minimum atomic E-state index is -0.545. The number of nitrogens with zero attached hydrogens (tertiary/aromatic N) is 3. The molecular weight excluding hydrogens is 490 g/mol. The molecule has 0 saturated carbocycles. The lowest BCUT2D eigenvalue weighted by Crippen LogP contribution is -2.45. The van der Waals surface area contributed by atoms with Crippen molar-refractivity contribution in [3.63, 3.8) is 0 Å². The number of piperidine rings is 1. The molecule has 3 aromatic carbocycles. The lowest BCUT2D eigenvalue weighted by Gasteiger charge is -2.33. The molecule has 1 amide bonds. The smallest absolute Gasteiger partial charge is 0.410 e. The van der Waals surface area contributed by atoms with Crippen molar-refractivity contribution in [1.82, 2.24) is 14.0 Å². The van der Waals surface area contributed by atoms with Gasteiger partial charge in [0.05, 0.1) is 17.4 Å². The second-order valence-electron chi connectivity index (χ2n) is 11.2. The summed E-state index contributed by atoms with van der Waals surface area (Å²) in [5, 5.41) is 0.528. The van der Waals surface area contributed by atoms with Gasteiger partial charge in [-0.05, 0) is 68.4 Å². The lowest BCUT2D eigenvalue weighted by atomic mass is 9.97. The Labute approximate surface area is 228 Å².